The lowest BCUT2D eigenvalue weighted by molar-refractivity contribution is 0.0986. The second kappa shape index (κ2) is 8.84. The smallest absolute Gasteiger partial charge is 0.161 e. The number of ether oxygens (including phenoxy) is 3. The molecule has 0 atom stereocenters. The van der Waals surface area contributed by atoms with Crippen LogP contribution >= 0.6 is 0 Å². The van der Waals surface area contributed by atoms with Crippen molar-refractivity contribution in [2.24, 2.45) is 0 Å². The molecule has 0 fully saturated rings. The van der Waals surface area contributed by atoms with Gasteiger partial charge in [-0.15, -0.1) is 0 Å². The number of rotatable bonds is 9. The van der Waals surface area contributed by atoms with Crippen molar-refractivity contribution < 1.29 is 19.3 Å². The minimum atomic E-state index is -0.00601. The first-order valence-electron chi connectivity index (χ1n) is 5.91. The van der Waals surface area contributed by atoms with Gasteiger partial charge >= 0.3 is 0 Å². The van der Waals surface area contributed by atoms with Crippen LogP contribution in [-0.2, 0) is 4.74 Å². The molecule has 0 aliphatic carbocycles. The average Bonchev–Trinajstić information content (AvgIpc) is 2.37. The van der Waals surface area contributed by atoms with Crippen molar-refractivity contribution in [1.29, 1.82) is 0 Å². The molecule has 0 saturated heterocycles. The van der Waals surface area contributed by atoms with Crippen molar-refractivity contribution in [3.05, 3.63) is 24.3 Å². The summed E-state index contributed by atoms with van der Waals surface area (Å²) >= 11 is 0. The molecular weight excluding hydrogens is 220 g/mol. The Morgan fingerprint density at radius 1 is 0.941 bits per heavy atom. The first-order valence-corrected chi connectivity index (χ1v) is 5.91. The van der Waals surface area contributed by atoms with E-state index in [1.807, 2.05) is 24.3 Å². The molecule has 4 heteroatoms. The first-order chi connectivity index (χ1) is 8.38. The normalized spacial score (nSPS) is 10.2. The molecule has 0 saturated carbocycles. The van der Waals surface area contributed by atoms with Gasteiger partial charge in [-0.25, -0.2) is 0 Å². The van der Waals surface area contributed by atoms with Gasteiger partial charge in [0.25, 0.3) is 0 Å². The molecule has 0 aliphatic rings. The number of hydrogen-bond donors (Lipinski definition) is 1. The molecule has 0 unspecified atom stereocenters. The number of hydrogen-bond acceptors (Lipinski definition) is 4. The van der Waals surface area contributed by atoms with Gasteiger partial charge in [0, 0.05) is 6.61 Å². The van der Waals surface area contributed by atoms with Crippen molar-refractivity contribution >= 4 is 0 Å². The zero-order valence-corrected chi connectivity index (χ0v) is 10.2. The second-order valence-electron chi connectivity index (χ2n) is 3.48. The van der Waals surface area contributed by atoms with E-state index in [0.29, 0.717) is 24.7 Å². The van der Waals surface area contributed by atoms with Crippen molar-refractivity contribution in [2.45, 2.75) is 13.3 Å². The Labute approximate surface area is 102 Å². The molecule has 1 N–H and O–H groups in total. The lowest BCUT2D eigenvalue weighted by Gasteiger charge is -2.11. The van der Waals surface area contributed by atoms with Crippen LogP contribution in [0.2, 0.25) is 0 Å². The molecule has 96 valence electrons. The van der Waals surface area contributed by atoms with Crippen molar-refractivity contribution in [1.82, 2.24) is 0 Å². The molecular formula is C13H20O4. The fourth-order valence-electron chi connectivity index (χ4n) is 1.30. The Bertz CT molecular complexity index is 301. The van der Waals surface area contributed by atoms with Gasteiger partial charge in [0.1, 0.15) is 13.2 Å². The summed E-state index contributed by atoms with van der Waals surface area (Å²) in [5.74, 6) is 1.33. The van der Waals surface area contributed by atoms with Crippen LogP contribution in [0.4, 0.5) is 0 Å². The van der Waals surface area contributed by atoms with E-state index in [1.165, 1.54) is 0 Å². The summed E-state index contributed by atoms with van der Waals surface area (Å²) in [4.78, 5) is 0. The maximum Gasteiger partial charge on any atom is 0.161 e. The van der Waals surface area contributed by atoms with Crippen LogP contribution in [0, 0.1) is 0 Å². The highest BCUT2D eigenvalue weighted by Crippen LogP contribution is 2.26. The van der Waals surface area contributed by atoms with Gasteiger partial charge in [-0.2, -0.15) is 0 Å². The lowest BCUT2D eigenvalue weighted by atomic mass is 10.3. The molecule has 0 heterocycles. The summed E-state index contributed by atoms with van der Waals surface area (Å²) in [6.07, 6.45) is 1.01. The molecule has 0 aromatic heterocycles. The third-order valence-electron chi connectivity index (χ3n) is 2.03. The summed E-state index contributed by atoms with van der Waals surface area (Å²) < 4.78 is 16.2. The molecule has 0 radical (unpaired) electrons. The minimum absolute atomic E-state index is 0.00601. The Morgan fingerprint density at radius 3 is 2.18 bits per heavy atom. The second-order valence-corrected chi connectivity index (χ2v) is 3.48. The monoisotopic (exact) mass is 240 g/mol. The van der Waals surface area contributed by atoms with Gasteiger partial charge in [0.15, 0.2) is 11.5 Å². The van der Waals surface area contributed by atoms with Crippen molar-refractivity contribution in [3.63, 3.8) is 0 Å². The first kappa shape index (κ1) is 13.8. The third kappa shape index (κ3) is 5.56. The van der Waals surface area contributed by atoms with Gasteiger partial charge in [-0.1, -0.05) is 19.1 Å². The zero-order chi connectivity index (χ0) is 12.3. The third-order valence-corrected chi connectivity index (χ3v) is 2.03. The molecule has 4 nitrogen and oxygen atoms in total. The summed E-state index contributed by atoms with van der Waals surface area (Å²) in [6.45, 7) is 4.16. The van der Waals surface area contributed by atoms with E-state index in [-0.39, 0.29) is 13.2 Å². The fourth-order valence-corrected chi connectivity index (χ4v) is 1.30. The Hall–Kier alpha value is -1.26. The highest BCUT2D eigenvalue weighted by Gasteiger charge is 2.03. The Balaban J connectivity index is 2.35. The van der Waals surface area contributed by atoms with E-state index in [2.05, 4.69) is 6.92 Å². The Kier molecular flexibility index (Phi) is 7.18. The van der Waals surface area contributed by atoms with Crippen LogP contribution in [0.25, 0.3) is 0 Å². The molecule has 0 aliphatic heterocycles. The summed E-state index contributed by atoms with van der Waals surface area (Å²) in [7, 11) is 0. The summed E-state index contributed by atoms with van der Waals surface area (Å²) in [5.41, 5.74) is 0. The predicted molar refractivity (Wildman–Crippen MR) is 65.6 cm³/mol. The maximum atomic E-state index is 8.71. The van der Waals surface area contributed by atoms with Gasteiger partial charge in [-0.05, 0) is 18.6 Å². The number of aliphatic hydroxyl groups is 1. The summed E-state index contributed by atoms with van der Waals surface area (Å²) in [6, 6.07) is 7.41. The molecule has 0 bridgehead atoms. The van der Waals surface area contributed by atoms with Crippen molar-refractivity contribution in [2.75, 3.05) is 33.0 Å². The maximum absolute atomic E-state index is 8.71. The molecule has 0 spiro atoms. The average molecular weight is 240 g/mol. The molecule has 1 rings (SSSR count). The van der Waals surface area contributed by atoms with Crippen LogP contribution < -0.4 is 9.47 Å². The van der Waals surface area contributed by atoms with Crippen LogP contribution in [0.5, 0.6) is 11.5 Å². The van der Waals surface area contributed by atoms with E-state index < -0.39 is 0 Å². The number of aliphatic hydroxyl groups excluding tert-OH is 1. The van der Waals surface area contributed by atoms with Crippen LogP contribution in [0.15, 0.2) is 24.3 Å². The molecule has 0 amide bonds. The van der Waals surface area contributed by atoms with Gasteiger partial charge in [0.2, 0.25) is 0 Å². The van der Waals surface area contributed by atoms with Crippen LogP contribution in [0.1, 0.15) is 13.3 Å². The topological polar surface area (TPSA) is 47.9 Å². The van der Waals surface area contributed by atoms with Gasteiger partial charge in [0.05, 0.1) is 13.2 Å². The van der Waals surface area contributed by atoms with Crippen molar-refractivity contribution in [3.8, 4) is 11.5 Å². The fraction of sp³-hybridized carbons (Fsp3) is 0.538. The standard InChI is InChI=1S/C13H20O4/c1-2-8-15-10-11-17-13-6-4-3-5-12(13)16-9-7-14/h3-6,14H,2,7-11H2,1H3. The van der Waals surface area contributed by atoms with E-state index in [1.54, 1.807) is 0 Å². The van der Waals surface area contributed by atoms with Gasteiger partial charge in [-0.3, -0.25) is 0 Å². The molecule has 1 aromatic carbocycles. The SMILES string of the molecule is CCCOCCOc1ccccc1OCCO. The predicted octanol–water partition coefficient (Wildman–Crippen LogP) is 1.86. The Morgan fingerprint density at radius 2 is 1.59 bits per heavy atom. The van der Waals surface area contributed by atoms with E-state index in [9.17, 15) is 0 Å². The van der Waals surface area contributed by atoms with E-state index in [0.717, 1.165) is 13.0 Å². The minimum Gasteiger partial charge on any atom is -0.487 e. The summed E-state index contributed by atoms with van der Waals surface area (Å²) in [5, 5.41) is 8.71. The quantitative estimate of drug-likeness (QED) is 0.669. The van der Waals surface area contributed by atoms with Gasteiger partial charge < -0.3 is 19.3 Å². The zero-order valence-electron chi connectivity index (χ0n) is 10.2. The molecule has 1 aromatic rings. The van der Waals surface area contributed by atoms with Crippen LogP contribution in [0.3, 0.4) is 0 Å². The van der Waals surface area contributed by atoms with Crippen LogP contribution in [-0.4, -0.2) is 38.1 Å². The van der Waals surface area contributed by atoms with E-state index in [4.69, 9.17) is 19.3 Å². The highest BCUT2D eigenvalue weighted by molar-refractivity contribution is 5.39. The largest absolute Gasteiger partial charge is 0.487 e. The highest BCUT2D eigenvalue weighted by atomic mass is 16.5. The number of para-hydroxylation sites is 2. The molecule has 17 heavy (non-hydrogen) atoms. The van der Waals surface area contributed by atoms with E-state index >= 15 is 0 Å². The number of benzene rings is 1. The lowest BCUT2D eigenvalue weighted by Crippen LogP contribution is -2.09.